The smallest absolute Gasteiger partial charge is 0.124 e. The number of hydrogen-bond acceptors (Lipinski definition) is 3. The molecule has 1 atom stereocenters. The fourth-order valence-electron chi connectivity index (χ4n) is 1.48. The molecule has 1 aliphatic rings. The number of rotatable bonds is 3. The van der Waals surface area contributed by atoms with Gasteiger partial charge in [0.15, 0.2) is 0 Å². The minimum atomic E-state index is 0.334. The van der Waals surface area contributed by atoms with Gasteiger partial charge in [0.2, 0.25) is 0 Å². The van der Waals surface area contributed by atoms with E-state index < -0.39 is 0 Å². The summed E-state index contributed by atoms with van der Waals surface area (Å²) >= 11 is 0. The van der Waals surface area contributed by atoms with Crippen molar-refractivity contribution >= 4 is 18.9 Å². The fraction of sp³-hybridized carbons (Fsp3) is 0.625. The van der Waals surface area contributed by atoms with Crippen LogP contribution < -0.4 is 5.32 Å². The molecule has 0 aromatic heterocycles. The van der Waals surface area contributed by atoms with Crippen molar-refractivity contribution in [1.29, 1.82) is 5.41 Å². The second kappa shape index (κ2) is 4.71. The number of aliphatic imine (C=N–C) groups is 1. The first-order chi connectivity index (χ1) is 6.29. The van der Waals surface area contributed by atoms with Crippen molar-refractivity contribution in [2.45, 2.75) is 19.4 Å². The van der Waals surface area contributed by atoms with Gasteiger partial charge >= 0.3 is 0 Å². The molecular weight excluding hydrogens is 166 g/mol. The lowest BCUT2D eigenvalue weighted by atomic mass is 10.2. The molecule has 2 N–H and O–H groups in total. The van der Waals surface area contributed by atoms with Crippen LogP contribution in [0.1, 0.15) is 13.3 Å². The maximum Gasteiger partial charge on any atom is 0.124 e. The van der Waals surface area contributed by atoms with Crippen molar-refractivity contribution in [3.8, 4) is 0 Å². The topological polar surface area (TPSA) is 63.8 Å². The average Bonchev–Trinajstić information content (AvgIpc) is 2.59. The lowest BCUT2D eigenvalue weighted by Crippen LogP contribution is -2.36. The third kappa shape index (κ3) is 2.35. The molecule has 13 heavy (non-hydrogen) atoms. The van der Waals surface area contributed by atoms with E-state index in [1.165, 1.54) is 0 Å². The minimum absolute atomic E-state index is 0.334. The molecule has 0 aromatic carbocycles. The Hall–Kier alpha value is -1.23. The molecular formula is C8H15N5. The molecule has 1 saturated heterocycles. The van der Waals surface area contributed by atoms with Gasteiger partial charge in [-0.3, -0.25) is 5.41 Å². The molecule has 5 nitrogen and oxygen atoms in total. The molecule has 1 aliphatic heterocycles. The molecule has 0 aromatic rings. The Balaban J connectivity index is 2.65. The van der Waals surface area contributed by atoms with Crippen LogP contribution in [0.15, 0.2) is 10.1 Å². The van der Waals surface area contributed by atoms with Crippen LogP contribution >= 0.6 is 0 Å². The van der Waals surface area contributed by atoms with Crippen molar-refractivity contribution < 1.29 is 0 Å². The number of nitrogens with one attached hydrogen (secondary N) is 2. The average molecular weight is 181 g/mol. The largest absolute Gasteiger partial charge is 0.315 e. The van der Waals surface area contributed by atoms with E-state index >= 15 is 0 Å². The van der Waals surface area contributed by atoms with Crippen LogP contribution in [0.3, 0.4) is 0 Å². The van der Waals surface area contributed by atoms with Crippen LogP contribution in [0.5, 0.6) is 0 Å². The number of hydrogen-bond donors (Lipinski definition) is 2. The highest BCUT2D eigenvalue weighted by Crippen LogP contribution is 2.09. The highest BCUT2D eigenvalue weighted by atomic mass is 15.5. The predicted octanol–water partition coefficient (Wildman–Crippen LogP) is 0.291. The van der Waals surface area contributed by atoms with E-state index in [0.29, 0.717) is 6.04 Å². The Morgan fingerprint density at radius 2 is 2.54 bits per heavy atom. The summed E-state index contributed by atoms with van der Waals surface area (Å²) in [5, 5.41) is 15.8. The monoisotopic (exact) mass is 181 g/mol. The molecule has 5 heteroatoms. The van der Waals surface area contributed by atoms with Gasteiger partial charge in [-0.15, -0.1) is 0 Å². The predicted molar refractivity (Wildman–Crippen MR) is 54.6 cm³/mol. The van der Waals surface area contributed by atoms with Gasteiger partial charge in [0.05, 0.1) is 6.04 Å². The summed E-state index contributed by atoms with van der Waals surface area (Å²) in [7, 11) is 0. The Morgan fingerprint density at radius 1 is 1.77 bits per heavy atom. The Bertz CT molecular complexity index is 217. The maximum atomic E-state index is 6.86. The summed E-state index contributed by atoms with van der Waals surface area (Å²) in [6, 6.07) is 0.334. The zero-order valence-electron chi connectivity index (χ0n) is 7.82. The number of hydrazone groups is 1. The van der Waals surface area contributed by atoms with E-state index in [9.17, 15) is 0 Å². The fourth-order valence-corrected chi connectivity index (χ4v) is 1.48. The highest BCUT2D eigenvalue weighted by molar-refractivity contribution is 5.86. The Kier molecular flexibility index (Phi) is 3.57. The van der Waals surface area contributed by atoms with Gasteiger partial charge in [-0.1, -0.05) is 0 Å². The van der Waals surface area contributed by atoms with Gasteiger partial charge in [-0.25, -0.2) is 10.0 Å². The van der Waals surface area contributed by atoms with Crippen LogP contribution in [0.25, 0.3) is 0 Å². The zero-order chi connectivity index (χ0) is 9.68. The van der Waals surface area contributed by atoms with Gasteiger partial charge in [0.25, 0.3) is 0 Å². The van der Waals surface area contributed by atoms with E-state index in [1.807, 2.05) is 6.92 Å². The van der Waals surface area contributed by atoms with Crippen molar-refractivity contribution in [2.75, 3.05) is 13.1 Å². The standard InChI is InChI=1S/C8H15N5/c1-7(12-6-9)13(10-2)8-3-4-11-5-8/h6,8-9,11H,2-5H2,1H3/b9-6?,12-7+/t8-/m1/s1. The molecule has 0 saturated carbocycles. The molecule has 0 radical (unpaired) electrons. The van der Waals surface area contributed by atoms with Gasteiger partial charge in [0, 0.05) is 13.3 Å². The highest BCUT2D eigenvalue weighted by Gasteiger charge is 2.22. The van der Waals surface area contributed by atoms with Gasteiger partial charge in [-0.05, 0) is 19.9 Å². The molecule has 0 unspecified atom stereocenters. The zero-order valence-corrected chi connectivity index (χ0v) is 7.82. The van der Waals surface area contributed by atoms with Gasteiger partial charge < -0.3 is 5.32 Å². The summed E-state index contributed by atoms with van der Waals surface area (Å²) in [6.07, 6.45) is 2.07. The molecule has 0 aliphatic carbocycles. The van der Waals surface area contributed by atoms with Crippen LogP contribution in [0, 0.1) is 5.41 Å². The Labute approximate surface area is 78.0 Å². The van der Waals surface area contributed by atoms with Crippen molar-refractivity contribution in [1.82, 2.24) is 10.3 Å². The van der Waals surface area contributed by atoms with E-state index in [0.717, 1.165) is 31.7 Å². The lowest BCUT2D eigenvalue weighted by molar-refractivity contribution is 0.346. The summed E-state index contributed by atoms with van der Waals surface area (Å²) in [6.45, 7) is 7.25. The minimum Gasteiger partial charge on any atom is -0.315 e. The summed E-state index contributed by atoms with van der Waals surface area (Å²) in [5.41, 5.74) is 0. The normalized spacial score (nSPS) is 22.8. The third-order valence-corrected chi connectivity index (χ3v) is 2.12. The first-order valence-corrected chi connectivity index (χ1v) is 4.29. The quantitative estimate of drug-likeness (QED) is 0.373. The van der Waals surface area contributed by atoms with Crippen molar-refractivity contribution in [2.24, 2.45) is 10.1 Å². The number of amidine groups is 1. The lowest BCUT2D eigenvalue weighted by Gasteiger charge is -2.23. The number of nitrogens with zero attached hydrogens (tertiary/aromatic N) is 3. The SMILES string of the molecule is C=NN(/C(C)=N/C=N)[C@@H]1CCNC1. The first-order valence-electron chi connectivity index (χ1n) is 4.29. The second-order valence-electron chi connectivity index (χ2n) is 2.94. The molecule has 0 amide bonds. The van der Waals surface area contributed by atoms with Crippen molar-refractivity contribution in [3.63, 3.8) is 0 Å². The van der Waals surface area contributed by atoms with Gasteiger partial charge in [0.1, 0.15) is 12.2 Å². The summed E-state index contributed by atoms with van der Waals surface area (Å²) in [4.78, 5) is 3.86. The van der Waals surface area contributed by atoms with E-state index in [2.05, 4.69) is 22.1 Å². The third-order valence-electron chi connectivity index (χ3n) is 2.12. The van der Waals surface area contributed by atoms with Crippen LogP contribution in [0.2, 0.25) is 0 Å². The summed E-state index contributed by atoms with van der Waals surface area (Å²) in [5.74, 6) is 0.721. The first kappa shape index (κ1) is 9.85. The second-order valence-corrected chi connectivity index (χ2v) is 2.94. The molecule has 0 spiro atoms. The molecule has 1 heterocycles. The van der Waals surface area contributed by atoms with E-state index in [4.69, 9.17) is 5.41 Å². The van der Waals surface area contributed by atoms with Gasteiger partial charge in [-0.2, -0.15) is 5.10 Å². The van der Waals surface area contributed by atoms with Crippen LogP contribution in [0.4, 0.5) is 0 Å². The molecule has 1 rings (SSSR count). The van der Waals surface area contributed by atoms with Crippen LogP contribution in [-0.4, -0.2) is 43.0 Å². The van der Waals surface area contributed by atoms with Crippen molar-refractivity contribution in [3.05, 3.63) is 0 Å². The maximum absolute atomic E-state index is 6.86. The molecule has 0 bridgehead atoms. The molecule has 1 fully saturated rings. The van der Waals surface area contributed by atoms with Crippen LogP contribution in [-0.2, 0) is 0 Å². The van der Waals surface area contributed by atoms with E-state index in [-0.39, 0.29) is 0 Å². The summed E-state index contributed by atoms with van der Waals surface area (Å²) < 4.78 is 0. The molecule has 72 valence electrons. The van der Waals surface area contributed by atoms with E-state index in [1.54, 1.807) is 5.01 Å². The Morgan fingerprint density at radius 3 is 3.00 bits per heavy atom.